The van der Waals surface area contributed by atoms with Crippen molar-refractivity contribution < 1.29 is 23.1 Å². The minimum Gasteiger partial charge on any atom is -0.380 e. The predicted molar refractivity (Wildman–Crippen MR) is 87.7 cm³/mol. The zero-order chi connectivity index (χ0) is 18.0. The van der Waals surface area contributed by atoms with Crippen molar-refractivity contribution in [2.24, 2.45) is 29.1 Å². The first-order chi connectivity index (χ1) is 11.7. The van der Waals surface area contributed by atoms with Gasteiger partial charge >= 0.3 is 6.18 Å². The molecule has 6 atom stereocenters. The molecule has 0 spiro atoms. The molecule has 0 amide bonds. The van der Waals surface area contributed by atoms with Crippen molar-refractivity contribution in [3.63, 3.8) is 0 Å². The van der Waals surface area contributed by atoms with Gasteiger partial charge in [-0.2, -0.15) is 13.2 Å². The number of hydrogen-bond donors (Lipinski definition) is 1. The van der Waals surface area contributed by atoms with Gasteiger partial charge in [0.1, 0.15) is 0 Å². The zero-order valence-electron chi connectivity index (χ0n) is 14.7. The normalized spacial score (nSPS) is 46.9. The summed E-state index contributed by atoms with van der Waals surface area (Å²) in [5.74, 6) is 1.21. The zero-order valence-corrected chi connectivity index (χ0v) is 14.7. The molecule has 4 aliphatic rings. The van der Waals surface area contributed by atoms with Crippen LogP contribution in [0.15, 0.2) is 11.6 Å². The molecule has 1 N–H and O–H groups in total. The second-order valence-electron chi connectivity index (χ2n) is 8.75. The summed E-state index contributed by atoms with van der Waals surface area (Å²) in [5, 5.41) is 10.7. The number of carbonyl (C=O) groups is 1. The van der Waals surface area contributed by atoms with Crippen LogP contribution in [-0.4, -0.2) is 22.7 Å². The Bertz CT molecular complexity index is 611. The van der Waals surface area contributed by atoms with E-state index >= 15 is 0 Å². The van der Waals surface area contributed by atoms with E-state index in [1.807, 2.05) is 13.0 Å². The summed E-state index contributed by atoms with van der Waals surface area (Å²) >= 11 is 0. The molecule has 0 saturated heterocycles. The van der Waals surface area contributed by atoms with E-state index in [1.54, 1.807) is 0 Å². The lowest BCUT2D eigenvalue weighted by Crippen LogP contribution is -2.60. The van der Waals surface area contributed by atoms with Crippen LogP contribution in [0.4, 0.5) is 13.2 Å². The Balaban J connectivity index is 1.68. The summed E-state index contributed by atoms with van der Waals surface area (Å²) < 4.78 is 41.4. The fourth-order valence-corrected chi connectivity index (χ4v) is 7.17. The molecule has 3 saturated carbocycles. The molecule has 0 radical (unpaired) electrons. The largest absolute Gasteiger partial charge is 0.417 e. The van der Waals surface area contributed by atoms with Crippen LogP contribution >= 0.6 is 0 Å². The number of rotatable bonds is 1. The lowest BCUT2D eigenvalue weighted by Gasteiger charge is -2.56. The second-order valence-corrected chi connectivity index (χ2v) is 8.75. The standard InChI is InChI=1S/C20H27F3O2/c1-2-18-9-7-15-14-6-4-13(24)11-12(14)3-5-16(15)17(18)8-10-19(18,25)20(21,22)23/h11,14-17,25H,2-10H2,1H3/t14-,15+,16+,17-,18-,19-/m0/s1. The molecule has 0 aromatic rings. The Kier molecular flexibility index (Phi) is 3.92. The molecule has 25 heavy (non-hydrogen) atoms. The number of alkyl halides is 3. The Morgan fingerprint density at radius 3 is 2.56 bits per heavy atom. The molecule has 4 aliphatic carbocycles. The maximum atomic E-state index is 13.8. The first-order valence-electron chi connectivity index (χ1n) is 9.76. The quantitative estimate of drug-likeness (QED) is 0.732. The van der Waals surface area contributed by atoms with Crippen molar-refractivity contribution in [1.29, 1.82) is 0 Å². The van der Waals surface area contributed by atoms with Gasteiger partial charge in [0.2, 0.25) is 0 Å². The highest BCUT2D eigenvalue weighted by Gasteiger charge is 2.72. The molecule has 140 valence electrons. The molecule has 0 aliphatic heterocycles. The van der Waals surface area contributed by atoms with Gasteiger partial charge in [0.05, 0.1) is 0 Å². The van der Waals surface area contributed by atoms with Gasteiger partial charge in [-0.1, -0.05) is 12.5 Å². The topological polar surface area (TPSA) is 37.3 Å². The van der Waals surface area contributed by atoms with Gasteiger partial charge in [0.25, 0.3) is 0 Å². The molecule has 3 fully saturated rings. The molecule has 0 bridgehead atoms. The Morgan fingerprint density at radius 1 is 1.12 bits per heavy atom. The van der Waals surface area contributed by atoms with Gasteiger partial charge in [-0.15, -0.1) is 0 Å². The van der Waals surface area contributed by atoms with Crippen molar-refractivity contribution in [2.45, 2.75) is 76.5 Å². The van der Waals surface area contributed by atoms with Crippen molar-refractivity contribution >= 4 is 5.78 Å². The third kappa shape index (κ3) is 2.23. The molecular formula is C20H27F3O2. The smallest absolute Gasteiger partial charge is 0.380 e. The van der Waals surface area contributed by atoms with Crippen LogP contribution in [0.5, 0.6) is 0 Å². The van der Waals surface area contributed by atoms with Gasteiger partial charge in [0, 0.05) is 11.8 Å². The van der Waals surface area contributed by atoms with E-state index in [-0.39, 0.29) is 24.0 Å². The van der Waals surface area contributed by atoms with Crippen LogP contribution in [0.1, 0.15) is 64.7 Å². The van der Waals surface area contributed by atoms with E-state index in [0.717, 1.165) is 25.7 Å². The van der Waals surface area contributed by atoms with Crippen LogP contribution in [0, 0.1) is 29.1 Å². The number of fused-ring (bicyclic) bond motifs is 5. The number of hydrogen-bond acceptors (Lipinski definition) is 2. The first kappa shape index (κ1) is 17.6. The second kappa shape index (κ2) is 5.58. The lowest BCUT2D eigenvalue weighted by atomic mass is 9.49. The summed E-state index contributed by atoms with van der Waals surface area (Å²) in [5.41, 5.74) is -2.30. The minimum absolute atomic E-state index is 0.0398. The van der Waals surface area contributed by atoms with Gasteiger partial charge < -0.3 is 5.11 Å². The number of carbonyl (C=O) groups excluding carboxylic acids is 1. The average Bonchev–Trinajstić information content (AvgIpc) is 2.89. The van der Waals surface area contributed by atoms with E-state index in [2.05, 4.69) is 0 Å². The first-order valence-corrected chi connectivity index (χ1v) is 9.76. The number of halogens is 3. The van der Waals surface area contributed by atoms with Gasteiger partial charge in [-0.25, -0.2) is 0 Å². The molecule has 4 rings (SSSR count). The van der Waals surface area contributed by atoms with Crippen molar-refractivity contribution in [3.8, 4) is 0 Å². The van der Waals surface area contributed by atoms with Crippen molar-refractivity contribution in [2.75, 3.05) is 0 Å². The van der Waals surface area contributed by atoms with Crippen LogP contribution in [0.25, 0.3) is 0 Å². The fraction of sp³-hybridized carbons (Fsp3) is 0.850. The highest BCUT2D eigenvalue weighted by molar-refractivity contribution is 5.91. The van der Waals surface area contributed by atoms with E-state index < -0.39 is 17.2 Å². The summed E-state index contributed by atoms with van der Waals surface area (Å²) in [7, 11) is 0. The number of aliphatic hydroxyl groups is 1. The summed E-state index contributed by atoms with van der Waals surface area (Å²) in [6.07, 6.45) is 2.36. The molecular weight excluding hydrogens is 329 g/mol. The van der Waals surface area contributed by atoms with E-state index in [9.17, 15) is 23.1 Å². The van der Waals surface area contributed by atoms with Crippen LogP contribution in [0.2, 0.25) is 0 Å². The summed E-state index contributed by atoms with van der Waals surface area (Å²) in [6.45, 7) is 1.82. The van der Waals surface area contributed by atoms with Gasteiger partial charge in [-0.05, 0) is 81.1 Å². The molecule has 0 heterocycles. The van der Waals surface area contributed by atoms with Gasteiger partial charge in [-0.3, -0.25) is 4.79 Å². The molecule has 0 unspecified atom stereocenters. The van der Waals surface area contributed by atoms with E-state index in [1.165, 1.54) is 5.57 Å². The average molecular weight is 356 g/mol. The number of allylic oxidation sites excluding steroid dienone is 1. The Morgan fingerprint density at radius 2 is 1.88 bits per heavy atom. The van der Waals surface area contributed by atoms with Crippen LogP contribution in [-0.2, 0) is 4.79 Å². The molecule has 2 nitrogen and oxygen atoms in total. The third-order valence-corrected chi connectivity index (χ3v) is 8.25. The predicted octanol–water partition coefficient (Wildman–Crippen LogP) is 4.81. The van der Waals surface area contributed by atoms with E-state index in [4.69, 9.17) is 0 Å². The summed E-state index contributed by atoms with van der Waals surface area (Å²) in [4.78, 5) is 11.7. The highest BCUT2D eigenvalue weighted by atomic mass is 19.4. The SMILES string of the molecule is CC[C@]12CC[C@H]3[C@@H](CCC4=CC(=O)CC[C@@H]43)[C@@H]1CC[C@@]2(O)C(F)(F)F. The van der Waals surface area contributed by atoms with Crippen LogP contribution < -0.4 is 0 Å². The summed E-state index contributed by atoms with van der Waals surface area (Å²) in [6, 6.07) is 0. The maximum absolute atomic E-state index is 13.8. The lowest BCUT2D eigenvalue weighted by molar-refractivity contribution is -0.306. The molecule has 0 aromatic heterocycles. The number of ketones is 1. The Labute approximate surface area is 146 Å². The fourth-order valence-electron chi connectivity index (χ4n) is 7.17. The van der Waals surface area contributed by atoms with Crippen LogP contribution in [0.3, 0.4) is 0 Å². The molecule has 5 heteroatoms. The van der Waals surface area contributed by atoms with Gasteiger partial charge in [0.15, 0.2) is 11.4 Å². The highest BCUT2D eigenvalue weighted by Crippen LogP contribution is 2.69. The van der Waals surface area contributed by atoms with Crippen molar-refractivity contribution in [3.05, 3.63) is 11.6 Å². The third-order valence-electron chi connectivity index (χ3n) is 8.25. The Hall–Kier alpha value is -0.840. The van der Waals surface area contributed by atoms with E-state index in [0.29, 0.717) is 37.5 Å². The molecule has 0 aromatic carbocycles. The van der Waals surface area contributed by atoms with Crippen molar-refractivity contribution in [1.82, 2.24) is 0 Å². The maximum Gasteiger partial charge on any atom is 0.417 e. The monoisotopic (exact) mass is 356 g/mol. The minimum atomic E-state index is -4.55.